The molecule has 4 N–H and O–H groups in total. The molecule has 84 valence electrons. The molecule has 2 heterocycles. The number of aromatic amines is 3. The maximum Gasteiger partial charge on any atom is 0.323 e. The minimum Gasteiger partial charge on any atom is -0.350 e. The van der Waals surface area contributed by atoms with E-state index in [0.717, 1.165) is 5.69 Å². The highest BCUT2D eigenvalue weighted by Crippen LogP contribution is 1.92. The van der Waals surface area contributed by atoms with E-state index in [1.165, 1.54) is 6.20 Å². The van der Waals surface area contributed by atoms with Gasteiger partial charge in [0.15, 0.2) is 0 Å². The van der Waals surface area contributed by atoms with Crippen molar-refractivity contribution in [3.05, 3.63) is 40.6 Å². The largest absolute Gasteiger partial charge is 0.350 e. The van der Waals surface area contributed by atoms with Crippen LogP contribution in [-0.2, 0) is 6.42 Å². The number of rotatable bonds is 4. The Morgan fingerprint density at radius 3 is 2.94 bits per heavy atom. The van der Waals surface area contributed by atoms with Gasteiger partial charge in [-0.3, -0.25) is 4.79 Å². The summed E-state index contributed by atoms with van der Waals surface area (Å²) in [5, 5.41) is 2.67. The molecule has 0 bridgehead atoms. The summed E-state index contributed by atoms with van der Waals surface area (Å²) in [4.78, 5) is 33.7. The van der Waals surface area contributed by atoms with Crippen molar-refractivity contribution in [2.75, 3.05) is 6.54 Å². The summed E-state index contributed by atoms with van der Waals surface area (Å²) in [6.07, 6.45) is 5.29. The number of hydrogen-bond donors (Lipinski definition) is 4. The lowest BCUT2D eigenvalue weighted by atomic mass is 10.3. The van der Waals surface area contributed by atoms with Crippen LogP contribution in [0.4, 0.5) is 0 Å². The number of amides is 1. The summed E-state index contributed by atoms with van der Waals surface area (Å²) in [5.74, 6) is -0.308. The van der Waals surface area contributed by atoms with Crippen LogP contribution < -0.4 is 11.0 Å². The van der Waals surface area contributed by atoms with Crippen molar-refractivity contribution in [3.63, 3.8) is 0 Å². The summed E-state index contributed by atoms with van der Waals surface area (Å²) in [5.41, 5.74) is 0.788. The average Bonchev–Trinajstić information content (AvgIpc) is 2.89. The third kappa shape index (κ3) is 2.38. The second-order valence-corrected chi connectivity index (χ2v) is 3.24. The Kier molecular flexibility index (Phi) is 2.86. The molecule has 2 rings (SSSR count). The Bertz CT molecular complexity index is 510. The Morgan fingerprint density at radius 2 is 2.31 bits per heavy atom. The number of hydrogen-bond acceptors (Lipinski definition) is 3. The van der Waals surface area contributed by atoms with E-state index in [4.69, 9.17) is 0 Å². The normalized spacial score (nSPS) is 10.2. The zero-order chi connectivity index (χ0) is 11.4. The number of carbonyl (C=O) groups is 1. The Balaban J connectivity index is 1.82. The highest BCUT2D eigenvalue weighted by molar-refractivity contribution is 5.91. The molecule has 0 fully saturated rings. The van der Waals surface area contributed by atoms with Crippen LogP contribution in [0.2, 0.25) is 0 Å². The molecule has 0 spiro atoms. The fourth-order valence-corrected chi connectivity index (χ4v) is 1.28. The van der Waals surface area contributed by atoms with Crippen LogP contribution in [0.15, 0.2) is 23.5 Å². The van der Waals surface area contributed by atoms with Crippen LogP contribution in [0.1, 0.15) is 16.2 Å². The van der Waals surface area contributed by atoms with E-state index >= 15 is 0 Å². The van der Waals surface area contributed by atoms with Crippen LogP contribution in [0.3, 0.4) is 0 Å². The lowest BCUT2D eigenvalue weighted by Crippen LogP contribution is -2.26. The number of aromatic nitrogens is 4. The second-order valence-electron chi connectivity index (χ2n) is 3.24. The van der Waals surface area contributed by atoms with Gasteiger partial charge in [0.25, 0.3) is 5.91 Å². The van der Waals surface area contributed by atoms with E-state index in [1.807, 2.05) is 0 Å². The topological polar surface area (TPSA) is 106 Å². The van der Waals surface area contributed by atoms with E-state index in [9.17, 15) is 9.59 Å². The van der Waals surface area contributed by atoms with Gasteiger partial charge in [-0.2, -0.15) is 0 Å². The first-order valence-corrected chi connectivity index (χ1v) is 4.79. The zero-order valence-electron chi connectivity index (χ0n) is 8.41. The summed E-state index contributed by atoms with van der Waals surface area (Å²) in [6.45, 7) is 0.480. The van der Waals surface area contributed by atoms with Gasteiger partial charge in [-0.25, -0.2) is 9.78 Å². The van der Waals surface area contributed by atoms with Gasteiger partial charge in [0.2, 0.25) is 0 Å². The SMILES string of the molecule is O=C(NCCc1cnc[nH]1)c1c[nH]c(=O)[nH]1. The molecule has 0 radical (unpaired) electrons. The smallest absolute Gasteiger partial charge is 0.323 e. The lowest BCUT2D eigenvalue weighted by molar-refractivity contribution is 0.0949. The third-order valence-electron chi connectivity index (χ3n) is 2.08. The van der Waals surface area contributed by atoms with Gasteiger partial charge in [0.1, 0.15) is 5.69 Å². The number of nitrogens with zero attached hydrogens (tertiary/aromatic N) is 1. The van der Waals surface area contributed by atoms with Crippen LogP contribution in [0.25, 0.3) is 0 Å². The van der Waals surface area contributed by atoms with Crippen LogP contribution in [0.5, 0.6) is 0 Å². The van der Waals surface area contributed by atoms with Crippen molar-refractivity contribution in [1.82, 2.24) is 25.3 Å². The molecule has 7 nitrogen and oxygen atoms in total. The molecule has 7 heteroatoms. The molecule has 2 aromatic heterocycles. The molecule has 0 atom stereocenters. The van der Waals surface area contributed by atoms with Gasteiger partial charge >= 0.3 is 5.69 Å². The zero-order valence-corrected chi connectivity index (χ0v) is 8.41. The van der Waals surface area contributed by atoms with Crippen molar-refractivity contribution in [2.24, 2.45) is 0 Å². The lowest BCUT2D eigenvalue weighted by Gasteiger charge is -2.01. The second kappa shape index (κ2) is 4.47. The predicted octanol–water partition coefficient (Wildman–Crippen LogP) is -0.601. The number of carbonyl (C=O) groups excluding carboxylic acids is 1. The number of H-pyrrole nitrogens is 3. The van der Waals surface area contributed by atoms with Gasteiger partial charge in [-0.15, -0.1) is 0 Å². The Labute approximate surface area is 90.3 Å². The minimum absolute atomic E-state index is 0.231. The van der Waals surface area contributed by atoms with E-state index in [1.54, 1.807) is 12.5 Å². The van der Waals surface area contributed by atoms with Gasteiger partial charge in [-0.05, 0) is 0 Å². The number of nitrogens with one attached hydrogen (secondary N) is 4. The maximum absolute atomic E-state index is 11.5. The average molecular weight is 221 g/mol. The molecule has 0 saturated carbocycles. The van der Waals surface area contributed by atoms with Gasteiger partial charge in [-0.1, -0.05) is 0 Å². The molecule has 0 aliphatic rings. The van der Waals surface area contributed by atoms with E-state index < -0.39 is 5.69 Å². The van der Waals surface area contributed by atoms with Crippen LogP contribution >= 0.6 is 0 Å². The Morgan fingerprint density at radius 1 is 1.44 bits per heavy atom. The highest BCUT2D eigenvalue weighted by atomic mass is 16.2. The van der Waals surface area contributed by atoms with Crippen molar-refractivity contribution in [2.45, 2.75) is 6.42 Å². The Hall–Kier alpha value is -2.31. The number of imidazole rings is 2. The molecule has 0 aliphatic heterocycles. The molecule has 16 heavy (non-hydrogen) atoms. The molecule has 0 saturated heterocycles. The molecule has 0 aliphatic carbocycles. The summed E-state index contributed by atoms with van der Waals surface area (Å²) < 4.78 is 0. The fraction of sp³-hybridized carbons (Fsp3) is 0.222. The van der Waals surface area contributed by atoms with E-state index in [-0.39, 0.29) is 11.6 Å². The van der Waals surface area contributed by atoms with Crippen LogP contribution in [0, 0.1) is 0 Å². The molecule has 0 aromatic carbocycles. The summed E-state index contributed by atoms with van der Waals surface area (Å²) >= 11 is 0. The molecular weight excluding hydrogens is 210 g/mol. The molecule has 1 amide bonds. The first-order valence-electron chi connectivity index (χ1n) is 4.79. The maximum atomic E-state index is 11.5. The fourth-order valence-electron chi connectivity index (χ4n) is 1.28. The highest BCUT2D eigenvalue weighted by Gasteiger charge is 2.06. The quantitative estimate of drug-likeness (QED) is 0.553. The van der Waals surface area contributed by atoms with Crippen LogP contribution in [-0.4, -0.2) is 32.4 Å². The van der Waals surface area contributed by atoms with Gasteiger partial charge in [0.05, 0.1) is 6.33 Å². The van der Waals surface area contributed by atoms with Crippen molar-refractivity contribution >= 4 is 5.91 Å². The minimum atomic E-state index is -0.390. The standard InChI is InChI=1S/C9H11N5O2/c15-8(7-4-12-9(16)14-7)11-2-1-6-3-10-5-13-6/h3-5H,1-2H2,(H,10,13)(H,11,15)(H2,12,14,16). The van der Waals surface area contributed by atoms with Gasteiger partial charge in [0, 0.05) is 31.1 Å². The molecular formula is C9H11N5O2. The van der Waals surface area contributed by atoms with Crippen molar-refractivity contribution in [1.29, 1.82) is 0 Å². The van der Waals surface area contributed by atoms with E-state index in [2.05, 4.69) is 25.3 Å². The van der Waals surface area contributed by atoms with Gasteiger partial charge < -0.3 is 20.3 Å². The van der Waals surface area contributed by atoms with E-state index in [0.29, 0.717) is 13.0 Å². The van der Waals surface area contributed by atoms with Crippen molar-refractivity contribution < 1.29 is 4.79 Å². The first kappa shape index (κ1) is 10.2. The summed E-state index contributed by atoms with van der Waals surface area (Å²) in [6, 6.07) is 0. The monoisotopic (exact) mass is 221 g/mol. The molecule has 2 aromatic rings. The molecule has 0 unspecified atom stereocenters. The third-order valence-corrected chi connectivity index (χ3v) is 2.08. The first-order chi connectivity index (χ1) is 7.75. The van der Waals surface area contributed by atoms with Crippen molar-refractivity contribution in [3.8, 4) is 0 Å². The predicted molar refractivity (Wildman–Crippen MR) is 56.0 cm³/mol. The summed E-state index contributed by atoms with van der Waals surface area (Å²) in [7, 11) is 0.